The van der Waals surface area contributed by atoms with E-state index in [-0.39, 0.29) is 25.2 Å². The van der Waals surface area contributed by atoms with Crippen molar-refractivity contribution >= 4 is 5.78 Å². The van der Waals surface area contributed by atoms with Crippen molar-refractivity contribution in [2.45, 2.75) is 12.5 Å². The lowest BCUT2D eigenvalue weighted by Gasteiger charge is -2.25. The van der Waals surface area contributed by atoms with Crippen LogP contribution in [0.2, 0.25) is 0 Å². The predicted molar refractivity (Wildman–Crippen MR) is 102 cm³/mol. The van der Waals surface area contributed by atoms with Crippen LogP contribution < -0.4 is 4.74 Å². The van der Waals surface area contributed by atoms with Gasteiger partial charge in [0.05, 0.1) is 0 Å². The van der Waals surface area contributed by atoms with Crippen molar-refractivity contribution in [3.05, 3.63) is 65.2 Å². The van der Waals surface area contributed by atoms with Gasteiger partial charge in [-0.2, -0.15) is 0 Å². The van der Waals surface area contributed by atoms with E-state index in [1.165, 1.54) is 18.2 Å². The van der Waals surface area contributed by atoms with Gasteiger partial charge in [0, 0.05) is 25.8 Å². The van der Waals surface area contributed by atoms with Gasteiger partial charge in [0.15, 0.2) is 12.6 Å². The summed E-state index contributed by atoms with van der Waals surface area (Å²) in [5, 5.41) is 0. The van der Waals surface area contributed by atoms with Crippen LogP contribution >= 0.6 is 0 Å². The maximum atomic E-state index is 11.9. The highest BCUT2D eigenvalue weighted by Gasteiger charge is 2.16. The Morgan fingerprint density at radius 2 is 1.77 bits per heavy atom. The van der Waals surface area contributed by atoms with E-state index in [4.69, 9.17) is 14.2 Å². The molecule has 0 bridgehead atoms. The van der Waals surface area contributed by atoms with Crippen LogP contribution in [-0.4, -0.2) is 52.4 Å². The maximum absolute atomic E-state index is 11.9. The minimum atomic E-state index is -0.00815. The Bertz CT molecular complexity index is 697. The molecule has 5 heteroatoms. The van der Waals surface area contributed by atoms with Crippen LogP contribution in [0.3, 0.4) is 0 Å². The molecule has 0 aliphatic carbocycles. The maximum Gasteiger partial charge on any atom is 0.188 e. The first-order valence-corrected chi connectivity index (χ1v) is 8.54. The molecule has 0 radical (unpaired) electrons. The summed E-state index contributed by atoms with van der Waals surface area (Å²) in [6.45, 7) is 0.334. The molecule has 2 rings (SSSR count). The van der Waals surface area contributed by atoms with Crippen LogP contribution in [0.5, 0.6) is 5.75 Å². The molecule has 0 spiro atoms. The standard InChI is InChI=1S/C21H27NO4/c1-22(2)20(18-6-5-7-19(13-18)26-15-25-4)12-16-8-10-17(11-9-16)21(23)14-24-3/h5-11,13,20H,12,14-15H2,1-4H3. The molecule has 0 N–H and O–H groups in total. The van der Waals surface area contributed by atoms with Gasteiger partial charge in [0.1, 0.15) is 12.4 Å². The lowest BCUT2D eigenvalue weighted by molar-refractivity contribution is 0.0510. The van der Waals surface area contributed by atoms with Crippen molar-refractivity contribution in [3.8, 4) is 5.75 Å². The van der Waals surface area contributed by atoms with E-state index >= 15 is 0 Å². The van der Waals surface area contributed by atoms with Crippen molar-refractivity contribution in [2.24, 2.45) is 0 Å². The third kappa shape index (κ3) is 5.66. The predicted octanol–water partition coefficient (Wildman–Crippen LogP) is 3.34. The van der Waals surface area contributed by atoms with Crippen molar-refractivity contribution in [3.63, 3.8) is 0 Å². The number of rotatable bonds is 10. The van der Waals surface area contributed by atoms with Gasteiger partial charge in [-0.05, 0) is 43.8 Å². The number of ether oxygens (including phenoxy) is 3. The van der Waals surface area contributed by atoms with E-state index in [1.54, 1.807) is 7.11 Å². The highest BCUT2D eigenvalue weighted by Crippen LogP contribution is 2.26. The molecule has 0 saturated heterocycles. The number of likely N-dealkylation sites (N-methyl/N-ethyl adjacent to an activating group) is 1. The van der Waals surface area contributed by atoms with Crippen LogP contribution in [-0.2, 0) is 15.9 Å². The fourth-order valence-corrected chi connectivity index (χ4v) is 2.80. The monoisotopic (exact) mass is 357 g/mol. The molecule has 2 aromatic carbocycles. The molecular formula is C21H27NO4. The minimum Gasteiger partial charge on any atom is -0.468 e. The summed E-state index contributed by atoms with van der Waals surface area (Å²) in [6.07, 6.45) is 0.833. The zero-order chi connectivity index (χ0) is 18.9. The zero-order valence-electron chi connectivity index (χ0n) is 15.9. The van der Waals surface area contributed by atoms with Gasteiger partial charge in [-0.15, -0.1) is 0 Å². The second kappa shape index (κ2) is 10.1. The normalized spacial score (nSPS) is 12.2. The number of carbonyl (C=O) groups excluding carboxylic acids is 1. The van der Waals surface area contributed by atoms with Crippen molar-refractivity contribution in [1.29, 1.82) is 0 Å². The van der Waals surface area contributed by atoms with E-state index in [2.05, 4.69) is 25.1 Å². The summed E-state index contributed by atoms with van der Waals surface area (Å²) >= 11 is 0. The molecule has 0 heterocycles. The molecule has 1 unspecified atom stereocenters. The van der Waals surface area contributed by atoms with Gasteiger partial charge in [-0.25, -0.2) is 0 Å². The van der Waals surface area contributed by atoms with Crippen LogP contribution in [0.1, 0.15) is 27.5 Å². The molecule has 0 aliphatic heterocycles. The molecule has 1 atom stereocenters. The quantitative estimate of drug-likeness (QED) is 0.482. The average molecular weight is 357 g/mol. The number of nitrogens with zero attached hydrogens (tertiary/aromatic N) is 1. The summed E-state index contributed by atoms with van der Waals surface area (Å²) in [5.74, 6) is 0.780. The summed E-state index contributed by atoms with van der Waals surface area (Å²) < 4.78 is 15.4. The lowest BCUT2D eigenvalue weighted by Crippen LogP contribution is -2.22. The highest BCUT2D eigenvalue weighted by atomic mass is 16.7. The van der Waals surface area contributed by atoms with Gasteiger partial charge < -0.3 is 19.1 Å². The number of hydrogen-bond donors (Lipinski definition) is 0. The van der Waals surface area contributed by atoms with Gasteiger partial charge in [-0.3, -0.25) is 4.79 Å². The van der Waals surface area contributed by atoms with Gasteiger partial charge in [-0.1, -0.05) is 36.4 Å². The van der Waals surface area contributed by atoms with E-state index in [0.717, 1.165) is 12.2 Å². The number of carbonyl (C=O) groups is 1. The summed E-state index contributed by atoms with van der Waals surface area (Å²) in [7, 11) is 7.25. The Morgan fingerprint density at radius 1 is 1.04 bits per heavy atom. The number of methoxy groups -OCH3 is 2. The van der Waals surface area contributed by atoms with E-state index in [9.17, 15) is 4.79 Å². The second-order valence-electron chi connectivity index (χ2n) is 6.36. The number of hydrogen-bond acceptors (Lipinski definition) is 5. The van der Waals surface area contributed by atoms with Crippen molar-refractivity contribution < 1.29 is 19.0 Å². The van der Waals surface area contributed by atoms with E-state index in [0.29, 0.717) is 5.56 Å². The van der Waals surface area contributed by atoms with E-state index < -0.39 is 0 Å². The van der Waals surface area contributed by atoms with Crippen LogP contribution in [0, 0.1) is 0 Å². The highest BCUT2D eigenvalue weighted by molar-refractivity contribution is 5.97. The molecule has 26 heavy (non-hydrogen) atoms. The first kappa shape index (κ1) is 20.1. The second-order valence-corrected chi connectivity index (χ2v) is 6.36. The molecule has 0 saturated carbocycles. The van der Waals surface area contributed by atoms with E-state index in [1.807, 2.05) is 42.5 Å². The molecule has 0 amide bonds. The summed E-state index contributed by atoms with van der Waals surface area (Å²) in [5.41, 5.74) is 3.01. The Balaban J connectivity index is 2.14. The largest absolute Gasteiger partial charge is 0.468 e. The Morgan fingerprint density at radius 3 is 2.38 bits per heavy atom. The van der Waals surface area contributed by atoms with Crippen molar-refractivity contribution in [1.82, 2.24) is 4.90 Å². The third-order valence-electron chi connectivity index (χ3n) is 4.19. The number of benzene rings is 2. The molecule has 140 valence electrons. The fourth-order valence-electron chi connectivity index (χ4n) is 2.80. The molecule has 2 aromatic rings. The van der Waals surface area contributed by atoms with Gasteiger partial charge in [0.2, 0.25) is 0 Å². The number of ketones is 1. The lowest BCUT2D eigenvalue weighted by atomic mass is 9.96. The molecule has 5 nitrogen and oxygen atoms in total. The van der Waals surface area contributed by atoms with Gasteiger partial charge in [0.25, 0.3) is 0 Å². The van der Waals surface area contributed by atoms with Crippen LogP contribution in [0.25, 0.3) is 0 Å². The molecule has 0 aliphatic rings. The first-order valence-electron chi connectivity index (χ1n) is 8.54. The Hall–Kier alpha value is -2.21. The van der Waals surface area contributed by atoms with Crippen molar-refractivity contribution in [2.75, 3.05) is 41.7 Å². The SMILES string of the molecule is COCOc1cccc(C(Cc2ccc(C(=O)COC)cc2)N(C)C)c1. The topological polar surface area (TPSA) is 48.0 Å². The Labute approximate surface area is 155 Å². The van der Waals surface area contributed by atoms with Gasteiger partial charge >= 0.3 is 0 Å². The molecular weight excluding hydrogens is 330 g/mol. The molecule has 0 fully saturated rings. The van der Waals surface area contributed by atoms with Crippen LogP contribution in [0.4, 0.5) is 0 Å². The smallest absolute Gasteiger partial charge is 0.188 e. The Kier molecular flexibility index (Phi) is 7.78. The summed E-state index contributed by atoms with van der Waals surface area (Å²) in [6, 6.07) is 16.0. The first-order chi connectivity index (χ1) is 12.5. The minimum absolute atomic E-state index is 0.00815. The zero-order valence-corrected chi connectivity index (χ0v) is 15.9. The third-order valence-corrected chi connectivity index (χ3v) is 4.19. The molecule has 0 aromatic heterocycles. The fraction of sp³-hybridized carbons (Fsp3) is 0.381. The van der Waals surface area contributed by atoms with Crippen LogP contribution in [0.15, 0.2) is 48.5 Å². The number of Topliss-reactive ketones (excluding diaryl/α,β-unsaturated/α-hetero) is 1. The summed E-state index contributed by atoms with van der Waals surface area (Å²) in [4.78, 5) is 14.1. The average Bonchev–Trinajstić information content (AvgIpc) is 2.65.